The molecule has 0 aliphatic heterocycles. The molecule has 1 aromatic carbocycles. The summed E-state index contributed by atoms with van der Waals surface area (Å²) in [6.07, 6.45) is 1.45. The van der Waals surface area contributed by atoms with Crippen LogP contribution in [0.4, 0.5) is 11.5 Å². The lowest BCUT2D eigenvalue weighted by Crippen LogP contribution is -2.21. The van der Waals surface area contributed by atoms with Gasteiger partial charge in [-0.2, -0.15) is 15.6 Å². The first-order valence-electron chi connectivity index (χ1n) is 8.65. The Bertz CT molecular complexity index is 948. The molecule has 1 aromatic heterocycles. The van der Waals surface area contributed by atoms with Gasteiger partial charge in [-0.05, 0) is 45.4 Å². The number of benzene rings is 1. The number of nitriles is 2. The average molecular weight is 362 g/mol. The number of rotatable bonds is 6. The van der Waals surface area contributed by atoms with E-state index in [1.54, 1.807) is 26.0 Å². The number of nitrogens with one attached hydrogen (secondary N) is 1. The molecule has 0 amide bonds. The van der Waals surface area contributed by atoms with Crippen molar-refractivity contribution in [3.63, 3.8) is 0 Å². The molecule has 27 heavy (non-hydrogen) atoms. The fourth-order valence-electron chi connectivity index (χ4n) is 2.71. The van der Waals surface area contributed by atoms with Crippen LogP contribution < -0.4 is 10.3 Å². The molecule has 0 bridgehead atoms. The molecule has 2 N–H and O–H groups in total. The number of phenols is 1. The van der Waals surface area contributed by atoms with Crippen molar-refractivity contribution in [3.8, 4) is 17.9 Å². The first-order valence-corrected chi connectivity index (χ1v) is 8.65. The van der Waals surface area contributed by atoms with Crippen LogP contribution in [0.15, 0.2) is 23.3 Å². The zero-order valence-corrected chi connectivity index (χ0v) is 15.9. The van der Waals surface area contributed by atoms with Gasteiger partial charge >= 0.3 is 0 Å². The Hall–Kier alpha value is -3.58. The Morgan fingerprint density at radius 1 is 1.19 bits per heavy atom. The second-order valence-electron chi connectivity index (χ2n) is 5.93. The number of phenolic OH excluding ortho intramolecular Hbond substituents is 1. The van der Waals surface area contributed by atoms with E-state index in [0.717, 1.165) is 18.8 Å². The molecule has 2 rings (SSSR count). The van der Waals surface area contributed by atoms with Gasteiger partial charge in [-0.25, -0.2) is 4.98 Å². The second kappa shape index (κ2) is 8.68. The summed E-state index contributed by atoms with van der Waals surface area (Å²) >= 11 is 0. The van der Waals surface area contributed by atoms with Crippen molar-refractivity contribution in [2.24, 2.45) is 5.10 Å². The van der Waals surface area contributed by atoms with Crippen molar-refractivity contribution in [1.29, 1.82) is 10.5 Å². The molecule has 2 aromatic rings. The van der Waals surface area contributed by atoms with E-state index >= 15 is 0 Å². The predicted octanol–water partition coefficient (Wildman–Crippen LogP) is 3.44. The minimum Gasteiger partial charge on any atom is -0.507 e. The monoisotopic (exact) mass is 362 g/mol. The van der Waals surface area contributed by atoms with E-state index in [1.807, 2.05) is 18.2 Å². The number of pyridine rings is 1. The molecule has 0 saturated heterocycles. The number of hydrogen-bond acceptors (Lipinski definition) is 7. The van der Waals surface area contributed by atoms with E-state index in [9.17, 15) is 15.6 Å². The van der Waals surface area contributed by atoms with Crippen LogP contribution in [-0.2, 0) is 0 Å². The Balaban J connectivity index is 2.28. The van der Waals surface area contributed by atoms with E-state index in [0.29, 0.717) is 16.8 Å². The summed E-state index contributed by atoms with van der Waals surface area (Å²) in [6.45, 7) is 9.33. The van der Waals surface area contributed by atoms with Crippen molar-refractivity contribution < 1.29 is 5.11 Å². The third-order valence-electron chi connectivity index (χ3n) is 4.42. The fourth-order valence-corrected chi connectivity index (χ4v) is 2.71. The second-order valence-corrected chi connectivity index (χ2v) is 5.93. The van der Waals surface area contributed by atoms with Crippen molar-refractivity contribution in [2.45, 2.75) is 27.7 Å². The molecule has 7 nitrogen and oxygen atoms in total. The minimum absolute atomic E-state index is 0.108. The Morgan fingerprint density at radius 2 is 1.85 bits per heavy atom. The maximum absolute atomic E-state index is 10.2. The van der Waals surface area contributed by atoms with E-state index in [1.165, 1.54) is 6.21 Å². The highest BCUT2D eigenvalue weighted by Gasteiger charge is 2.15. The lowest BCUT2D eigenvalue weighted by molar-refractivity contribution is 0.474. The lowest BCUT2D eigenvalue weighted by Gasteiger charge is -2.21. The molecule has 1 heterocycles. The largest absolute Gasteiger partial charge is 0.507 e. The summed E-state index contributed by atoms with van der Waals surface area (Å²) in [5, 5.41) is 33.0. The lowest BCUT2D eigenvalue weighted by atomic mass is 10.0. The SMILES string of the molecule is CCN(CC)c1ccc(C=NNc2nc(C)c(C)c(C#N)c2C#N)c(O)c1. The van der Waals surface area contributed by atoms with Crippen LogP contribution in [0.3, 0.4) is 0 Å². The topological polar surface area (TPSA) is 108 Å². The number of anilines is 2. The van der Waals surface area contributed by atoms with Gasteiger partial charge in [0.05, 0.1) is 11.8 Å². The zero-order valence-electron chi connectivity index (χ0n) is 15.9. The summed E-state index contributed by atoms with van der Waals surface area (Å²) in [7, 11) is 0. The smallest absolute Gasteiger partial charge is 0.165 e. The molecule has 138 valence electrons. The first-order chi connectivity index (χ1) is 13.0. The number of nitrogens with zero attached hydrogens (tertiary/aromatic N) is 5. The summed E-state index contributed by atoms with van der Waals surface area (Å²) in [4.78, 5) is 6.42. The van der Waals surface area contributed by atoms with Gasteiger partial charge in [0, 0.05) is 36.1 Å². The number of aromatic nitrogens is 1. The van der Waals surface area contributed by atoms with Gasteiger partial charge in [-0.1, -0.05) is 0 Å². The van der Waals surface area contributed by atoms with Gasteiger partial charge in [0.2, 0.25) is 0 Å². The van der Waals surface area contributed by atoms with Gasteiger partial charge < -0.3 is 10.0 Å². The minimum atomic E-state index is 0.108. The molecule has 0 radical (unpaired) electrons. The Morgan fingerprint density at radius 3 is 2.41 bits per heavy atom. The zero-order chi connectivity index (χ0) is 20.0. The quantitative estimate of drug-likeness (QED) is 0.602. The molecule has 7 heteroatoms. The van der Waals surface area contributed by atoms with Crippen LogP contribution >= 0.6 is 0 Å². The number of hydrogen-bond donors (Lipinski definition) is 2. The number of aryl methyl sites for hydroxylation is 1. The van der Waals surface area contributed by atoms with Crippen LogP contribution in [0.5, 0.6) is 5.75 Å². The third kappa shape index (κ3) is 4.16. The van der Waals surface area contributed by atoms with E-state index in [2.05, 4.69) is 34.3 Å². The van der Waals surface area contributed by atoms with Crippen LogP contribution in [0, 0.1) is 36.5 Å². The van der Waals surface area contributed by atoms with E-state index in [4.69, 9.17) is 0 Å². The van der Waals surface area contributed by atoms with Crippen molar-refractivity contribution in [2.75, 3.05) is 23.4 Å². The molecule has 0 fully saturated rings. The van der Waals surface area contributed by atoms with Crippen LogP contribution in [0.1, 0.15) is 41.8 Å². The van der Waals surface area contributed by atoms with Gasteiger partial charge in [0.15, 0.2) is 5.82 Å². The molecule has 0 saturated carbocycles. The van der Waals surface area contributed by atoms with Gasteiger partial charge in [0.1, 0.15) is 23.5 Å². The van der Waals surface area contributed by atoms with Crippen LogP contribution in [-0.4, -0.2) is 29.4 Å². The average Bonchev–Trinajstić information content (AvgIpc) is 2.66. The molecule has 0 aliphatic carbocycles. The van der Waals surface area contributed by atoms with Crippen molar-refractivity contribution >= 4 is 17.7 Å². The van der Waals surface area contributed by atoms with Crippen molar-refractivity contribution in [3.05, 3.63) is 46.1 Å². The summed E-state index contributed by atoms with van der Waals surface area (Å²) < 4.78 is 0. The molecule has 0 atom stereocenters. The molecule has 0 spiro atoms. The Labute approximate surface area is 159 Å². The Kier molecular flexibility index (Phi) is 6.35. The molecular weight excluding hydrogens is 340 g/mol. The van der Waals surface area contributed by atoms with Gasteiger partial charge in [-0.15, -0.1) is 0 Å². The third-order valence-corrected chi connectivity index (χ3v) is 4.42. The summed E-state index contributed by atoms with van der Waals surface area (Å²) in [6, 6.07) is 9.42. The molecule has 0 unspecified atom stereocenters. The number of aromatic hydroxyl groups is 1. The molecule has 0 aliphatic rings. The van der Waals surface area contributed by atoms with E-state index < -0.39 is 0 Å². The highest BCUT2D eigenvalue weighted by atomic mass is 16.3. The highest BCUT2D eigenvalue weighted by molar-refractivity contribution is 5.85. The van der Waals surface area contributed by atoms with Crippen molar-refractivity contribution in [1.82, 2.24) is 4.98 Å². The predicted molar refractivity (Wildman–Crippen MR) is 106 cm³/mol. The van der Waals surface area contributed by atoms with Gasteiger partial charge in [-0.3, -0.25) is 5.43 Å². The standard InChI is InChI=1S/C20H22N6O/c1-5-26(6-2)16-8-7-15(19(27)9-16)12-23-25-20-18(11-22)17(10-21)13(3)14(4)24-20/h7-9,12,27H,5-6H2,1-4H3,(H,24,25). The van der Waals surface area contributed by atoms with Crippen LogP contribution in [0.25, 0.3) is 0 Å². The maximum atomic E-state index is 10.2. The first kappa shape index (κ1) is 19.7. The molecular formula is C20H22N6O. The summed E-state index contributed by atoms with van der Waals surface area (Å²) in [5.41, 5.74) is 5.93. The number of hydrazone groups is 1. The van der Waals surface area contributed by atoms with Crippen LogP contribution in [0.2, 0.25) is 0 Å². The fraction of sp³-hybridized carbons (Fsp3) is 0.300. The summed E-state index contributed by atoms with van der Waals surface area (Å²) in [5.74, 6) is 0.323. The maximum Gasteiger partial charge on any atom is 0.165 e. The van der Waals surface area contributed by atoms with Gasteiger partial charge in [0.25, 0.3) is 0 Å². The normalized spacial score (nSPS) is 10.4. The highest BCUT2D eigenvalue weighted by Crippen LogP contribution is 2.24. The van der Waals surface area contributed by atoms with E-state index in [-0.39, 0.29) is 22.7 Å².